The van der Waals surface area contributed by atoms with E-state index in [1.54, 1.807) is 6.07 Å². The number of nitrogens with zero attached hydrogens (tertiary/aromatic N) is 2. The molecular formula is C8H5ClF2N2. The number of hydrogen-bond acceptors (Lipinski definition) is 2. The van der Waals surface area contributed by atoms with E-state index < -0.39 is 6.43 Å². The van der Waals surface area contributed by atoms with Gasteiger partial charge < -0.3 is 0 Å². The summed E-state index contributed by atoms with van der Waals surface area (Å²) in [6.07, 6.45) is -1.57. The summed E-state index contributed by atoms with van der Waals surface area (Å²) in [5.41, 5.74) is -0.108. The fraction of sp³-hybridized carbons (Fsp3) is 0.250. The average Bonchev–Trinajstić information content (AvgIpc) is 2.08. The molecule has 1 aromatic rings. The summed E-state index contributed by atoms with van der Waals surface area (Å²) in [4.78, 5) is 3.62. The van der Waals surface area contributed by atoms with Crippen LogP contribution in [0.15, 0.2) is 12.3 Å². The molecule has 0 spiro atoms. The fourth-order valence-corrected chi connectivity index (χ4v) is 1.17. The van der Waals surface area contributed by atoms with Gasteiger partial charge in [-0.2, -0.15) is 5.26 Å². The van der Waals surface area contributed by atoms with E-state index in [-0.39, 0.29) is 22.7 Å². The molecule has 2 nitrogen and oxygen atoms in total. The molecule has 1 rings (SSSR count). The zero-order valence-corrected chi connectivity index (χ0v) is 7.22. The average molecular weight is 203 g/mol. The van der Waals surface area contributed by atoms with Crippen molar-refractivity contribution in [2.45, 2.75) is 12.8 Å². The molecule has 0 atom stereocenters. The van der Waals surface area contributed by atoms with E-state index in [1.807, 2.05) is 0 Å². The molecule has 0 aliphatic rings. The topological polar surface area (TPSA) is 36.7 Å². The molecule has 13 heavy (non-hydrogen) atoms. The highest BCUT2D eigenvalue weighted by Gasteiger charge is 2.15. The minimum atomic E-state index is -2.62. The van der Waals surface area contributed by atoms with Gasteiger partial charge in [0.05, 0.1) is 12.5 Å². The van der Waals surface area contributed by atoms with Gasteiger partial charge in [-0.3, -0.25) is 0 Å². The molecule has 5 heteroatoms. The van der Waals surface area contributed by atoms with Gasteiger partial charge in [-0.05, 0) is 6.07 Å². The van der Waals surface area contributed by atoms with Gasteiger partial charge in [0.25, 0.3) is 6.43 Å². The molecule has 0 saturated heterocycles. The standard InChI is InChI=1S/C8H5ClF2N2/c9-7-5(1-3-12)6(8(10)11)2-4-13-7/h2,4,8H,1H2. The second kappa shape index (κ2) is 4.15. The van der Waals surface area contributed by atoms with E-state index in [1.165, 1.54) is 12.3 Å². The van der Waals surface area contributed by atoms with Crippen LogP contribution in [0.2, 0.25) is 5.15 Å². The van der Waals surface area contributed by atoms with Gasteiger partial charge in [0.2, 0.25) is 0 Å². The van der Waals surface area contributed by atoms with E-state index in [4.69, 9.17) is 16.9 Å². The first-order valence-electron chi connectivity index (χ1n) is 3.45. The fourth-order valence-electron chi connectivity index (χ4n) is 0.939. The number of alkyl halides is 2. The Kier molecular flexibility index (Phi) is 3.15. The molecule has 0 aliphatic heterocycles. The summed E-state index contributed by atoms with van der Waals surface area (Å²) in [6, 6.07) is 2.93. The second-order valence-corrected chi connectivity index (χ2v) is 2.66. The summed E-state index contributed by atoms with van der Waals surface area (Å²) in [5.74, 6) is 0. The van der Waals surface area contributed by atoms with Crippen molar-refractivity contribution in [1.82, 2.24) is 4.98 Å². The van der Waals surface area contributed by atoms with E-state index >= 15 is 0 Å². The minimum absolute atomic E-state index is 0.0284. The van der Waals surface area contributed by atoms with Crippen molar-refractivity contribution in [3.05, 3.63) is 28.5 Å². The zero-order chi connectivity index (χ0) is 9.84. The summed E-state index contributed by atoms with van der Waals surface area (Å²) < 4.78 is 24.7. The Morgan fingerprint density at radius 1 is 1.62 bits per heavy atom. The number of hydrogen-bond donors (Lipinski definition) is 0. The van der Waals surface area contributed by atoms with Crippen LogP contribution in [0.5, 0.6) is 0 Å². The molecule has 0 unspecified atom stereocenters. The minimum Gasteiger partial charge on any atom is -0.244 e. The monoisotopic (exact) mass is 202 g/mol. The lowest BCUT2D eigenvalue weighted by molar-refractivity contribution is 0.150. The lowest BCUT2D eigenvalue weighted by Crippen LogP contribution is -1.96. The Morgan fingerprint density at radius 2 is 2.31 bits per heavy atom. The third kappa shape index (κ3) is 2.13. The number of pyridine rings is 1. The summed E-state index contributed by atoms with van der Waals surface area (Å²) in [7, 11) is 0. The van der Waals surface area contributed by atoms with Crippen molar-refractivity contribution in [3.63, 3.8) is 0 Å². The Bertz CT molecular complexity index is 346. The van der Waals surface area contributed by atoms with Crippen LogP contribution in [0, 0.1) is 11.3 Å². The smallest absolute Gasteiger partial charge is 0.244 e. The molecule has 0 aromatic carbocycles. The van der Waals surface area contributed by atoms with Gasteiger partial charge in [0.15, 0.2) is 0 Å². The SMILES string of the molecule is N#CCc1c(C(F)F)ccnc1Cl. The molecule has 0 N–H and O–H groups in total. The van der Waals surface area contributed by atoms with Gasteiger partial charge in [0, 0.05) is 17.3 Å². The molecular weight excluding hydrogens is 198 g/mol. The molecule has 0 aliphatic carbocycles. The second-order valence-electron chi connectivity index (χ2n) is 2.31. The summed E-state index contributed by atoms with van der Waals surface area (Å²) >= 11 is 5.56. The van der Waals surface area contributed by atoms with E-state index in [0.29, 0.717) is 0 Å². The van der Waals surface area contributed by atoms with Crippen molar-refractivity contribution < 1.29 is 8.78 Å². The van der Waals surface area contributed by atoms with E-state index in [0.717, 1.165) is 0 Å². The van der Waals surface area contributed by atoms with Gasteiger partial charge >= 0.3 is 0 Å². The molecule has 1 aromatic heterocycles. The predicted molar refractivity (Wildman–Crippen MR) is 43.5 cm³/mol. The molecule has 0 amide bonds. The maximum Gasteiger partial charge on any atom is 0.264 e. The summed E-state index contributed by atoms with van der Waals surface area (Å²) in [5, 5.41) is 8.34. The number of halogens is 3. The van der Waals surface area contributed by atoms with Crippen LogP contribution in [0.4, 0.5) is 8.78 Å². The Balaban J connectivity index is 3.19. The first kappa shape index (κ1) is 9.87. The van der Waals surface area contributed by atoms with Crippen molar-refractivity contribution >= 4 is 11.6 Å². The zero-order valence-electron chi connectivity index (χ0n) is 6.47. The van der Waals surface area contributed by atoms with Crippen LogP contribution in [-0.4, -0.2) is 4.98 Å². The Labute approximate surface area is 78.8 Å². The van der Waals surface area contributed by atoms with Crippen LogP contribution < -0.4 is 0 Å². The normalized spacial score (nSPS) is 10.1. The maximum atomic E-state index is 12.3. The van der Waals surface area contributed by atoms with Crippen LogP contribution in [-0.2, 0) is 6.42 Å². The van der Waals surface area contributed by atoms with Crippen molar-refractivity contribution in [2.75, 3.05) is 0 Å². The first-order valence-corrected chi connectivity index (χ1v) is 3.83. The van der Waals surface area contributed by atoms with Crippen molar-refractivity contribution in [1.29, 1.82) is 5.26 Å². The molecule has 0 saturated carbocycles. The molecule has 1 heterocycles. The van der Waals surface area contributed by atoms with E-state index in [2.05, 4.69) is 4.98 Å². The molecule has 0 bridgehead atoms. The Hall–Kier alpha value is -1.21. The molecule has 68 valence electrons. The van der Waals surface area contributed by atoms with Crippen LogP contribution in [0.25, 0.3) is 0 Å². The lowest BCUT2D eigenvalue weighted by Gasteiger charge is -2.05. The van der Waals surface area contributed by atoms with Crippen molar-refractivity contribution in [2.24, 2.45) is 0 Å². The van der Waals surface area contributed by atoms with Crippen LogP contribution >= 0.6 is 11.6 Å². The highest BCUT2D eigenvalue weighted by molar-refractivity contribution is 6.30. The predicted octanol–water partition coefficient (Wildman–Crippen LogP) is 2.74. The lowest BCUT2D eigenvalue weighted by atomic mass is 10.1. The number of nitriles is 1. The molecule has 0 fully saturated rings. The highest BCUT2D eigenvalue weighted by atomic mass is 35.5. The quantitative estimate of drug-likeness (QED) is 0.692. The van der Waals surface area contributed by atoms with Crippen LogP contribution in [0.3, 0.4) is 0 Å². The van der Waals surface area contributed by atoms with Gasteiger partial charge in [-0.15, -0.1) is 0 Å². The van der Waals surface area contributed by atoms with Gasteiger partial charge in [0.1, 0.15) is 5.15 Å². The van der Waals surface area contributed by atoms with Crippen molar-refractivity contribution in [3.8, 4) is 6.07 Å². The number of rotatable bonds is 2. The van der Waals surface area contributed by atoms with E-state index in [9.17, 15) is 8.78 Å². The number of aromatic nitrogens is 1. The molecule has 0 radical (unpaired) electrons. The Morgan fingerprint density at radius 3 is 2.85 bits per heavy atom. The maximum absolute atomic E-state index is 12.3. The highest BCUT2D eigenvalue weighted by Crippen LogP contribution is 2.26. The largest absolute Gasteiger partial charge is 0.264 e. The third-order valence-corrected chi connectivity index (χ3v) is 1.86. The third-order valence-electron chi connectivity index (χ3n) is 1.53. The summed E-state index contributed by atoms with van der Waals surface area (Å²) in [6.45, 7) is 0. The van der Waals surface area contributed by atoms with Gasteiger partial charge in [-0.1, -0.05) is 11.6 Å². The first-order chi connectivity index (χ1) is 6.16. The van der Waals surface area contributed by atoms with Gasteiger partial charge in [-0.25, -0.2) is 13.8 Å². The van der Waals surface area contributed by atoms with Crippen LogP contribution in [0.1, 0.15) is 17.6 Å².